The minimum atomic E-state index is -0.701. The fourth-order valence-electron chi connectivity index (χ4n) is 7.15. The highest BCUT2D eigenvalue weighted by atomic mass is 16.4. The number of para-hydroxylation sites is 2. The van der Waals surface area contributed by atoms with Crippen molar-refractivity contribution in [1.29, 1.82) is 0 Å². The molecule has 1 atom stereocenters. The maximum Gasteiger partial charge on any atom is 0.303 e. The van der Waals surface area contributed by atoms with Crippen molar-refractivity contribution in [3.63, 3.8) is 0 Å². The number of nitrogens with zero attached hydrogens (tertiary/aromatic N) is 2. The minimum absolute atomic E-state index is 0.000117. The van der Waals surface area contributed by atoms with E-state index in [1.54, 1.807) is 0 Å². The van der Waals surface area contributed by atoms with Gasteiger partial charge in [-0.25, -0.2) is 0 Å². The predicted octanol–water partition coefficient (Wildman–Crippen LogP) is 8.70. The summed E-state index contributed by atoms with van der Waals surface area (Å²) in [4.78, 5) is 15.8. The van der Waals surface area contributed by atoms with Crippen molar-refractivity contribution in [1.82, 2.24) is 0 Å². The van der Waals surface area contributed by atoms with Crippen LogP contribution in [0, 0.1) is 0 Å². The Morgan fingerprint density at radius 1 is 0.927 bits per heavy atom. The molecule has 2 heterocycles. The van der Waals surface area contributed by atoms with E-state index in [0.717, 1.165) is 38.6 Å². The molecule has 0 saturated carbocycles. The van der Waals surface area contributed by atoms with Gasteiger partial charge < -0.3 is 14.9 Å². The van der Waals surface area contributed by atoms with Crippen LogP contribution >= 0.6 is 0 Å². The number of allylic oxidation sites excluding steroid dienone is 7. The van der Waals surface area contributed by atoms with E-state index in [-0.39, 0.29) is 23.3 Å². The van der Waals surface area contributed by atoms with Gasteiger partial charge in [0.15, 0.2) is 0 Å². The number of carboxylic acid groups (broad SMARTS) is 1. The molecule has 0 bridgehead atoms. The van der Waals surface area contributed by atoms with Gasteiger partial charge in [-0.1, -0.05) is 94.8 Å². The Morgan fingerprint density at radius 3 is 2.37 bits per heavy atom. The van der Waals surface area contributed by atoms with Gasteiger partial charge in [-0.2, -0.15) is 0 Å². The van der Waals surface area contributed by atoms with Crippen molar-refractivity contribution in [2.45, 2.75) is 89.5 Å². The summed E-state index contributed by atoms with van der Waals surface area (Å²) in [6.45, 7) is 10.3. The van der Waals surface area contributed by atoms with E-state index in [4.69, 9.17) is 5.11 Å². The number of rotatable bonds is 9. The first-order valence-electron chi connectivity index (χ1n) is 15.3. The zero-order chi connectivity index (χ0) is 29.2. The number of hydrogen-bond acceptors (Lipinski definition) is 3. The highest BCUT2D eigenvalue weighted by Crippen LogP contribution is 2.47. The third-order valence-corrected chi connectivity index (χ3v) is 9.46. The molecule has 0 fully saturated rings. The van der Waals surface area contributed by atoms with Gasteiger partial charge in [0.1, 0.15) is 0 Å². The first kappa shape index (κ1) is 29.0. The molecule has 1 aliphatic carbocycles. The van der Waals surface area contributed by atoms with Crippen LogP contribution in [0.2, 0.25) is 0 Å². The van der Waals surface area contributed by atoms with Crippen LogP contribution in [-0.2, 0) is 15.6 Å². The van der Waals surface area contributed by atoms with Crippen molar-refractivity contribution in [3.05, 3.63) is 107 Å². The lowest BCUT2D eigenvalue weighted by molar-refractivity contribution is -0.137. The normalized spacial score (nSPS) is 22.9. The fourth-order valence-corrected chi connectivity index (χ4v) is 7.15. The Labute approximate surface area is 246 Å². The second kappa shape index (κ2) is 11.8. The topological polar surface area (TPSA) is 43.8 Å². The van der Waals surface area contributed by atoms with Crippen LogP contribution in [-0.4, -0.2) is 30.7 Å². The van der Waals surface area contributed by atoms with Gasteiger partial charge in [-0.3, -0.25) is 4.79 Å². The van der Waals surface area contributed by atoms with Crippen molar-refractivity contribution in [3.8, 4) is 0 Å². The number of anilines is 2. The summed E-state index contributed by atoms with van der Waals surface area (Å²) in [5, 5.41) is 9.00. The van der Waals surface area contributed by atoms with Crippen LogP contribution in [0.15, 0.2) is 95.8 Å². The summed E-state index contributed by atoms with van der Waals surface area (Å²) in [5.74, 6) is -0.701. The van der Waals surface area contributed by atoms with Crippen molar-refractivity contribution in [2.24, 2.45) is 0 Å². The van der Waals surface area contributed by atoms with Crippen LogP contribution in [0.5, 0.6) is 0 Å². The molecule has 4 nitrogen and oxygen atoms in total. The summed E-state index contributed by atoms with van der Waals surface area (Å²) >= 11 is 0. The molecule has 2 aromatic carbocycles. The Balaban J connectivity index is 1.34. The molecule has 41 heavy (non-hydrogen) atoms. The third-order valence-electron chi connectivity index (χ3n) is 9.46. The van der Waals surface area contributed by atoms with Gasteiger partial charge in [0.05, 0.1) is 6.04 Å². The minimum Gasteiger partial charge on any atom is -0.481 e. The molecule has 216 valence electrons. The predicted molar refractivity (Wildman–Crippen MR) is 172 cm³/mol. The van der Waals surface area contributed by atoms with E-state index in [0.29, 0.717) is 0 Å². The van der Waals surface area contributed by atoms with E-state index in [1.165, 1.54) is 45.8 Å². The van der Waals surface area contributed by atoms with Crippen molar-refractivity contribution >= 4 is 17.3 Å². The van der Waals surface area contributed by atoms with Crippen LogP contribution in [0.1, 0.15) is 83.8 Å². The lowest BCUT2D eigenvalue weighted by Gasteiger charge is -2.32. The number of hydrogen-bond donors (Lipinski definition) is 1. The number of benzene rings is 2. The van der Waals surface area contributed by atoms with Crippen LogP contribution in [0.3, 0.4) is 0 Å². The second-order valence-corrected chi connectivity index (χ2v) is 13.0. The Kier molecular flexibility index (Phi) is 8.31. The van der Waals surface area contributed by atoms with Gasteiger partial charge in [0.25, 0.3) is 0 Å². The fraction of sp³-hybridized carbons (Fsp3) is 0.432. The molecule has 0 spiro atoms. The average molecular weight is 551 g/mol. The number of carboxylic acids is 1. The van der Waals surface area contributed by atoms with Gasteiger partial charge in [-0.15, -0.1) is 0 Å². The van der Waals surface area contributed by atoms with Gasteiger partial charge in [0, 0.05) is 47.9 Å². The Hall–Kier alpha value is -3.53. The van der Waals surface area contributed by atoms with Crippen LogP contribution in [0.25, 0.3) is 0 Å². The molecule has 0 radical (unpaired) electrons. The van der Waals surface area contributed by atoms with Gasteiger partial charge >= 0.3 is 5.97 Å². The molecule has 1 unspecified atom stereocenters. The molecule has 2 aromatic rings. The summed E-state index contributed by atoms with van der Waals surface area (Å²) in [7, 11) is 2.18. The third kappa shape index (κ3) is 5.80. The SMILES string of the molecule is CN1/C(=C/C=C2C=C(/C=C/C3N(CCCCCC(=O)O)c4ccccc4C3(C)C)CCC2)C(C)(C)c2ccccc21. The van der Waals surface area contributed by atoms with E-state index >= 15 is 0 Å². The molecule has 0 saturated heterocycles. The lowest BCUT2D eigenvalue weighted by atomic mass is 9.80. The van der Waals surface area contributed by atoms with Crippen LogP contribution < -0.4 is 9.80 Å². The molecular weight excluding hydrogens is 504 g/mol. The zero-order valence-corrected chi connectivity index (χ0v) is 25.5. The molecule has 3 aliphatic rings. The number of likely N-dealkylation sites (N-methyl/N-ethyl adjacent to an activating group) is 1. The summed E-state index contributed by atoms with van der Waals surface area (Å²) in [6, 6.07) is 17.8. The molecule has 1 N–H and O–H groups in total. The van der Waals surface area contributed by atoms with Crippen molar-refractivity contribution in [2.75, 3.05) is 23.4 Å². The number of fused-ring (bicyclic) bond motifs is 2. The van der Waals surface area contributed by atoms with Gasteiger partial charge in [-0.05, 0) is 72.6 Å². The van der Waals surface area contributed by atoms with E-state index < -0.39 is 5.97 Å². The monoisotopic (exact) mass is 550 g/mol. The maximum atomic E-state index is 10.9. The number of aliphatic carboxylic acids is 1. The first-order valence-corrected chi connectivity index (χ1v) is 15.3. The molecule has 2 aliphatic heterocycles. The molecule has 4 heteroatoms. The largest absolute Gasteiger partial charge is 0.481 e. The van der Waals surface area contributed by atoms with E-state index in [2.05, 4.69) is 123 Å². The molecule has 0 amide bonds. The lowest BCUT2D eigenvalue weighted by Crippen LogP contribution is -2.40. The molecule has 0 aromatic heterocycles. The average Bonchev–Trinajstić information content (AvgIpc) is 3.28. The van der Waals surface area contributed by atoms with E-state index in [1.807, 2.05) is 0 Å². The van der Waals surface area contributed by atoms with Crippen molar-refractivity contribution < 1.29 is 9.90 Å². The highest BCUT2D eigenvalue weighted by Gasteiger charge is 2.42. The molecular formula is C37H46N2O2. The first-order chi connectivity index (χ1) is 19.6. The van der Waals surface area contributed by atoms with E-state index in [9.17, 15) is 4.79 Å². The smallest absolute Gasteiger partial charge is 0.303 e. The Morgan fingerprint density at radius 2 is 1.63 bits per heavy atom. The van der Waals surface area contributed by atoms with Crippen LogP contribution in [0.4, 0.5) is 11.4 Å². The summed E-state index contributed by atoms with van der Waals surface area (Å²) < 4.78 is 0. The number of unbranched alkanes of at least 4 members (excludes halogenated alkanes) is 2. The zero-order valence-electron chi connectivity index (χ0n) is 25.5. The maximum absolute atomic E-state index is 10.9. The standard InChI is InChI=1S/C37H46N2O2/c1-36(2)29-16-8-10-18-31(29)38(5)33(36)23-21-27-14-13-15-28(26-27)22-24-34-37(3,4)30-17-9-11-19-32(30)39(34)25-12-6-7-20-35(40)41/h8-11,16-19,21-24,26,34H,6-7,12-15,20,25H2,1-5H3,(H,40,41)/b24-22+,27-21?,33-23+. The second-order valence-electron chi connectivity index (χ2n) is 13.0. The number of carbonyl (C=O) groups is 1. The summed E-state index contributed by atoms with van der Waals surface area (Å²) in [6.07, 6.45) is 18.2. The Bertz CT molecular complexity index is 1410. The highest BCUT2D eigenvalue weighted by molar-refractivity contribution is 5.70. The molecule has 5 rings (SSSR count). The summed E-state index contributed by atoms with van der Waals surface area (Å²) in [5.41, 5.74) is 9.53. The quantitative estimate of drug-likeness (QED) is 0.317. The van der Waals surface area contributed by atoms with Gasteiger partial charge in [0.2, 0.25) is 0 Å².